The fourth-order valence-corrected chi connectivity index (χ4v) is 2.27. The molecule has 0 aliphatic rings. The first-order valence-corrected chi connectivity index (χ1v) is 8.47. The van der Waals surface area contributed by atoms with Crippen molar-refractivity contribution in [3.63, 3.8) is 0 Å². The molecule has 26 heavy (non-hydrogen) atoms. The Kier molecular flexibility index (Phi) is 5.77. The average Bonchev–Trinajstić information content (AvgIpc) is 3.15. The lowest BCUT2D eigenvalue weighted by Gasteiger charge is -2.06. The number of urea groups is 1. The minimum Gasteiger partial charge on any atom is -0.338 e. The van der Waals surface area contributed by atoms with Gasteiger partial charge in [0.05, 0.1) is 0 Å². The van der Waals surface area contributed by atoms with Crippen LogP contribution < -0.4 is 10.6 Å². The zero-order valence-electron chi connectivity index (χ0n) is 14.5. The van der Waals surface area contributed by atoms with Crippen molar-refractivity contribution in [1.82, 2.24) is 15.5 Å². The van der Waals surface area contributed by atoms with Crippen LogP contribution in [0, 0.1) is 0 Å². The summed E-state index contributed by atoms with van der Waals surface area (Å²) in [4.78, 5) is 16.0. The fourth-order valence-electron chi connectivity index (χ4n) is 2.27. The van der Waals surface area contributed by atoms with E-state index in [9.17, 15) is 4.79 Å². The second kappa shape index (κ2) is 8.62. The van der Waals surface area contributed by atoms with Crippen molar-refractivity contribution >= 4 is 23.9 Å². The topological polar surface area (TPSA) is 80.0 Å². The van der Waals surface area contributed by atoms with Crippen molar-refractivity contribution in [2.75, 3.05) is 11.9 Å². The molecule has 0 saturated carbocycles. The molecular weight excluding hydrogens is 328 g/mol. The quantitative estimate of drug-likeness (QED) is 0.690. The number of nitrogens with one attached hydrogen (secondary N) is 2. The van der Waals surface area contributed by atoms with E-state index in [1.807, 2.05) is 55.5 Å². The number of nitrogens with zero attached hydrogens (tertiary/aromatic N) is 2. The molecule has 2 amide bonds. The summed E-state index contributed by atoms with van der Waals surface area (Å²) < 4.78 is 5.25. The number of hydrogen-bond acceptors (Lipinski definition) is 4. The standard InChI is InChI=1S/C20H20N4O2/c1-2-14-21-20(25)22-17-11-9-16(10-12-17)19-23-18(26-24-19)13-8-15-6-4-3-5-7-15/h3-13H,2,14H2,1H3,(H2,21,22,25)/b13-8+. The first-order chi connectivity index (χ1) is 12.7. The molecule has 0 radical (unpaired) electrons. The van der Waals surface area contributed by atoms with Crippen molar-refractivity contribution in [1.29, 1.82) is 0 Å². The van der Waals surface area contributed by atoms with Crippen molar-refractivity contribution in [3.05, 3.63) is 66.1 Å². The molecular formula is C20H20N4O2. The summed E-state index contributed by atoms with van der Waals surface area (Å²) in [6, 6.07) is 17.0. The van der Waals surface area contributed by atoms with E-state index in [4.69, 9.17) is 4.52 Å². The van der Waals surface area contributed by atoms with Gasteiger partial charge in [-0.1, -0.05) is 42.4 Å². The molecule has 2 N–H and O–H groups in total. The van der Waals surface area contributed by atoms with E-state index in [0.717, 1.165) is 17.5 Å². The summed E-state index contributed by atoms with van der Waals surface area (Å²) in [5.41, 5.74) is 2.58. The van der Waals surface area contributed by atoms with Gasteiger partial charge in [-0.15, -0.1) is 0 Å². The second-order valence-corrected chi connectivity index (χ2v) is 5.66. The molecule has 0 unspecified atom stereocenters. The maximum atomic E-state index is 11.6. The molecule has 0 aliphatic heterocycles. The number of rotatable bonds is 6. The van der Waals surface area contributed by atoms with E-state index in [0.29, 0.717) is 23.9 Å². The summed E-state index contributed by atoms with van der Waals surface area (Å²) in [5, 5.41) is 9.53. The van der Waals surface area contributed by atoms with E-state index in [1.54, 1.807) is 18.2 Å². The summed E-state index contributed by atoms with van der Waals surface area (Å²) in [7, 11) is 0. The van der Waals surface area contributed by atoms with Gasteiger partial charge in [0.25, 0.3) is 5.89 Å². The SMILES string of the molecule is CCCNC(=O)Nc1ccc(-c2noc(/C=C/c3ccccc3)n2)cc1. The molecule has 132 valence electrons. The maximum Gasteiger partial charge on any atom is 0.319 e. The highest BCUT2D eigenvalue weighted by Crippen LogP contribution is 2.19. The molecule has 0 atom stereocenters. The molecule has 0 bridgehead atoms. The van der Waals surface area contributed by atoms with Crippen molar-refractivity contribution in [2.24, 2.45) is 0 Å². The summed E-state index contributed by atoms with van der Waals surface area (Å²) in [6.07, 6.45) is 4.59. The van der Waals surface area contributed by atoms with Crippen molar-refractivity contribution in [3.8, 4) is 11.4 Å². The largest absolute Gasteiger partial charge is 0.338 e. The highest BCUT2D eigenvalue weighted by atomic mass is 16.5. The highest BCUT2D eigenvalue weighted by molar-refractivity contribution is 5.89. The van der Waals surface area contributed by atoms with E-state index in [-0.39, 0.29) is 6.03 Å². The highest BCUT2D eigenvalue weighted by Gasteiger charge is 2.07. The van der Waals surface area contributed by atoms with Gasteiger partial charge in [0.2, 0.25) is 5.82 Å². The minimum absolute atomic E-state index is 0.215. The molecule has 0 fully saturated rings. The molecule has 1 heterocycles. The zero-order chi connectivity index (χ0) is 18.2. The summed E-state index contributed by atoms with van der Waals surface area (Å²) >= 11 is 0. The Morgan fingerprint density at radius 1 is 1.08 bits per heavy atom. The van der Waals surface area contributed by atoms with Gasteiger partial charge in [0.1, 0.15) is 0 Å². The van der Waals surface area contributed by atoms with Gasteiger partial charge in [-0.2, -0.15) is 4.98 Å². The van der Waals surface area contributed by atoms with Crippen LogP contribution in [0.1, 0.15) is 24.8 Å². The smallest absolute Gasteiger partial charge is 0.319 e. The molecule has 3 aromatic rings. The Hall–Kier alpha value is -3.41. The third kappa shape index (κ3) is 4.80. The zero-order valence-corrected chi connectivity index (χ0v) is 14.5. The molecule has 3 rings (SSSR count). The van der Waals surface area contributed by atoms with Gasteiger partial charge in [0, 0.05) is 23.9 Å². The van der Waals surface area contributed by atoms with Crippen molar-refractivity contribution in [2.45, 2.75) is 13.3 Å². The molecule has 0 aliphatic carbocycles. The van der Waals surface area contributed by atoms with Gasteiger partial charge in [-0.05, 0) is 42.3 Å². The molecule has 1 aromatic heterocycles. The van der Waals surface area contributed by atoms with E-state index >= 15 is 0 Å². The molecule has 0 spiro atoms. The fraction of sp³-hybridized carbons (Fsp3) is 0.150. The van der Waals surface area contributed by atoms with Crippen LogP contribution in [-0.2, 0) is 0 Å². The van der Waals surface area contributed by atoms with Gasteiger partial charge in [-0.3, -0.25) is 0 Å². The molecule has 0 saturated heterocycles. The van der Waals surface area contributed by atoms with E-state index in [1.165, 1.54) is 0 Å². The monoisotopic (exact) mass is 348 g/mol. The van der Waals surface area contributed by atoms with Crippen LogP contribution in [-0.4, -0.2) is 22.7 Å². The first kappa shape index (κ1) is 17.4. The Bertz CT molecular complexity index is 870. The Morgan fingerprint density at radius 2 is 1.85 bits per heavy atom. The van der Waals surface area contributed by atoms with Crippen LogP contribution in [0.5, 0.6) is 0 Å². The van der Waals surface area contributed by atoms with Gasteiger partial charge in [0.15, 0.2) is 0 Å². The lowest BCUT2D eigenvalue weighted by atomic mass is 10.2. The van der Waals surface area contributed by atoms with Crippen LogP contribution in [0.3, 0.4) is 0 Å². The number of benzene rings is 2. The van der Waals surface area contributed by atoms with Crippen LogP contribution in [0.15, 0.2) is 59.1 Å². The summed E-state index contributed by atoms with van der Waals surface area (Å²) in [6.45, 7) is 2.65. The summed E-state index contributed by atoms with van der Waals surface area (Å²) in [5.74, 6) is 0.935. The van der Waals surface area contributed by atoms with E-state index in [2.05, 4.69) is 20.8 Å². The lowest BCUT2D eigenvalue weighted by molar-refractivity contribution is 0.252. The molecule has 6 heteroatoms. The van der Waals surface area contributed by atoms with Crippen molar-refractivity contribution < 1.29 is 9.32 Å². The van der Waals surface area contributed by atoms with Crippen LogP contribution in [0.2, 0.25) is 0 Å². The third-order valence-corrected chi connectivity index (χ3v) is 3.60. The van der Waals surface area contributed by atoms with Gasteiger partial charge >= 0.3 is 6.03 Å². The van der Waals surface area contributed by atoms with Gasteiger partial charge < -0.3 is 15.2 Å². The maximum absolute atomic E-state index is 11.6. The first-order valence-electron chi connectivity index (χ1n) is 8.47. The van der Waals surface area contributed by atoms with E-state index < -0.39 is 0 Å². The molecule has 2 aromatic carbocycles. The predicted octanol–water partition coefficient (Wildman–Crippen LogP) is 4.44. The Balaban J connectivity index is 1.64. The number of aromatic nitrogens is 2. The Morgan fingerprint density at radius 3 is 2.58 bits per heavy atom. The van der Waals surface area contributed by atoms with Crippen LogP contribution in [0.4, 0.5) is 10.5 Å². The van der Waals surface area contributed by atoms with Gasteiger partial charge in [-0.25, -0.2) is 4.79 Å². The lowest BCUT2D eigenvalue weighted by Crippen LogP contribution is -2.29. The number of carbonyl (C=O) groups excluding carboxylic acids is 1. The average molecular weight is 348 g/mol. The molecule has 6 nitrogen and oxygen atoms in total. The number of amides is 2. The van der Waals surface area contributed by atoms with Crippen LogP contribution >= 0.6 is 0 Å². The minimum atomic E-state index is -0.215. The van der Waals surface area contributed by atoms with Crippen LogP contribution in [0.25, 0.3) is 23.5 Å². The Labute approximate surface area is 151 Å². The normalized spacial score (nSPS) is 10.8. The number of anilines is 1. The third-order valence-electron chi connectivity index (χ3n) is 3.60. The number of hydrogen-bond donors (Lipinski definition) is 2. The second-order valence-electron chi connectivity index (χ2n) is 5.66. The number of carbonyl (C=O) groups is 1. The predicted molar refractivity (Wildman–Crippen MR) is 102 cm³/mol.